The number of rotatable bonds is 8. The molecule has 8 nitrogen and oxygen atoms in total. The van der Waals surface area contributed by atoms with Crippen LogP contribution >= 0.6 is 0 Å². The minimum Gasteiger partial charge on any atom is -0.497 e. The monoisotopic (exact) mass is 407 g/mol. The van der Waals surface area contributed by atoms with E-state index in [0.717, 1.165) is 15.8 Å². The molecule has 0 radical (unpaired) electrons. The topological polar surface area (TPSA) is 111 Å². The number of hydrogen-bond donors (Lipinski definition) is 2. The average Bonchev–Trinajstić information content (AvgIpc) is 2.75. The summed E-state index contributed by atoms with van der Waals surface area (Å²) in [7, 11) is 1.55. The smallest absolute Gasteiger partial charge is 0.326 e. The lowest BCUT2D eigenvalue weighted by atomic mass is 10.1. The molecule has 8 heteroatoms. The Bertz CT molecular complexity index is 1100. The average molecular weight is 407 g/mol. The van der Waals surface area contributed by atoms with Crippen LogP contribution in [0.5, 0.6) is 5.75 Å². The molecule has 30 heavy (non-hydrogen) atoms. The van der Waals surface area contributed by atoms with Gasteiger partial charge in [-0.15, -0.1) is 0 Å². The molecule has 0 bridgehead atoms. The van der Waals surface area contributed by atoms with Gasteiger partial charge >= 0.3 is 5.97 Å². The van der Waals surface area contributed by atoms with Crippen LogP contribution in [0.1, 0.15) is 5.56 Å². The van der Waals surface area contributed by atoms with E-state index in [2.05, 4.69) is 10.4 Å². The van der Waals surface area contributed by atoms with E-state index >= 15 is 0 Å². The highest BCUT2D eigenvalue weighted by molar-refractivity contribution is 5.83. The Morgan fingerprint density at radius 2 is 1.87 bits per heavy atom. The summed E-state index contributed by atoms with van der Waals surface area (Å²) in [5, 5.41) is 16.1. The molecule has 0 aliphatic heterocycles. The third-order valence-electron chi connectivity index (χ3n) is 4.44. The van der Waals surface area contributed by atoms with E-state index in [-0.39, 0.29) is 6.42 Å². The minimum atomic E-state index is -1.15. The third-order valence-corrected chi connectivity index (χ3v) is 4.44. The molecule has 0 saturated carbocycles. The van der Waals surface area contributed by atoms with Gasteiger partial charge in [0, 0.05) is 18.1 Å². The van der Waals surface area contributed by atoms with Crippen molar-refractivity contribution in [1.82, 2.24) is 15.1 Å². The van der Waals surface area contributed by atoms with Gasteiger partial charge in [0.1, 0.15) is 18.3 Å². The Morgan fingerprint density at radius 1 is 1.10 bits per heavy atom. The van der Waals surface area contributed by atoms with Crippen LogP contribution in [-0.2, 0) is 22.6 Å². The predicted octanol–water partition coefficient (Wildman–Crippen LogP) is 1.73. The number of carboxylic acid groups (broad SMARTS) is 1. The zero-order valence-electron chi connectivity index (χ0n) is 16.3. The van der Waals surface area contributed by atoms with E-state index in [0.29, 0.717) is 11.4 Å². The Morgan fingerprint density at radius 3 is 2.57 bits per heavy atom. The van der Waals surface area contributed by atoms with Gasteiger partial charge in [-0.05, 0) is 23.8 Å². The highest BCUT2D eigenvalue weighted by Crippen LogP contribution is 2.21. The Labute approximate surface area is 172 Å². The summed E-state index contributed by atoms with van der Waals surface area (Å²) in [5.41, 5.74) is 1.52. The first-order valence-electron chi connectivity index (χ1n) is 9.25. The maximum atomic E-state index is 12.4. The molecule has 0 aliphatic rings. The van der Waals surface area contributed by atoms with Crippen molar-refractivity contribution in [3.8, 4) is 17.0 Å². The molecule has 3 rings (SSSR count). The number of methoxy groups -OCH3 is 1. The molecule has 1 aromatic heterocycles. The molecular formula is C22H21N3O5. The summed E-state index contributed by atoms with van der Waals surface area (Å²) in [6.07, 6.45) is 0.133. The second-order valence-corrected chi connectivity index (χ2v) is 6.59. The first-order valence-corrected chi connectivity index (χ1v) is 9.25. The maximum absolute atomic E-state index is 12.4. The minimum absolute atomic E-state index is 0.133. The zero-order valence-corrected chi connectivity index (χ0v) is 16.3. The van der Waals surface area contributed by atoms with Crippen LogP contribution in [0.3, 0.4) is 0 Å². The van der Waals surface area contributed by atoms with E-state index in [1.54, 1.807) is 61.7 Å². The number of aromatic nitrogens is 2. The zero-order chi connectivity index (χ0) is 21.5. The van der Waals surface area contributed by atoms with Gasteiger partial charge in [0.25, 0.3) is 5.56 Å². The fourth-order valence-corrected chi connectivity index (χ4v) is 2.92. The molecule has 1 heterocycles. The molecule has 3 aromatic rings. The molecule has 154 valence electrons. The van der Waals surface area contributed by atoms with Crippen LogP contribution in [0.15, 0.2) is 71.5 Å². The quantitative estimate of drug-likeness (QED) is 0.588. The van der Waals surface area contributed by atoms with E-state index in [4.69, 9.17) is 4.74 Å². The molecule has 0 fully saturated rings. The predicted molar refractivity (Wildman–Crippen MR) is 110 cm³/mol. The molecular weight excluding hydrogens is 386 g/mol. The largest absolute Gasteiger partial charge is 0.497 e. The number of ether oxygens (including phenoxy) is 1. The number of benzene rings is 2. The van der Waals surface area contributed by atoms with Crippen molar-refractivity contribution in [1.29, 1.82) is 0 Å². The Kier molecular flexibility index (Phi) is 6.59. The van der Waals surface area contributed by atoms with Gasteiger partial charge in [-0.1, -0.05) is 42.5 Å². The normalized spacial score (nSPS) is 11.5. The van der Waals surface area contributed by atoms with Gasteiger partial charge in [0.15, 0.2) is 0 Å². The lowest BCUT2D eigenvalue weighted by Crippen LogP contribution is -2.44. The first kappa shape index (κ1) is 20.8. The first-order chi connectivity index (χ1) is 14.5. The molecule has 0 spiro atoms. The third kappa shape index (κ3) is 5.32. The number of nitrogens with zero attached hydrogens (tertiary/aromatic N) is 2. The molecule has 2 aromatic carbocycles. The Balaban J connectivity index is 1.75. The Hall–Kier alpha value is -3.94. The summed E-state index contributed by atoms with van der Waals surface area (Å²) in [6.45, 7) is -0.394. The van der Waals surface area contributed by atoms with E-state index in [1.165, 1.54) is 6.07 Å². The number of nitrogens with one attached hydrogen (secondary N) is 1. The second kappa shape index (κ2) is 9.51. The fraction of sp³-hybridized carbons (Fsp3) is 0.182. The van der Waals surface area contributed by atoms with Crippen molar-refractivity contribution >= 4 is 11.9 Å². The van der Waals surface area contributed by atoms with Gasteiger partial charge in [-0.2, -0.15) is 5.10 Å². The van der Waals surface area contributed by atoms with Crippen molar-refractivity contribution < 1.29 is 19.4 Å². The number of aliphatic carboxylic acids is 1. The van der Waals surface area contributed by atoms with E-state index in [1.807, 2.05) is 6.07 Å². The van der Waals surface area contributed by atoms with Gasteiger partial charge < -0.3 is 15.2 Å². The van der Waals surface area contributed by atoms with E-state index < -0.39 is 30.0 Å². The highest BCUT2D eigenvalue weighted by atomic mass is 16.5. The van der Waals surface area contributed by atoms with Crippen molar-refractivity contribution in [3.63, 3.8) is 0 Å². The van der Waals surface area contributed by atoms with Crippen molar-refractivity contribution in [2.75, 3.05) is 7.11 Å². The van der Waals surface area contributed by atoms with Crippen LogP contribution < -0.4 is 15.6 Å². The number of carbonyl (C=O) groups is 2. The van der Waals surface area contributed by atoms with Crippen LogP contribution in [0, 0.1) is 0 Å². The number of carboxylic acids is 1. The van der Waals surface area contributed by atoms with Crippen molar-refractivity contribution in [2.45, 2.75) is 19.0 Å². The maximum Gasteiger partial charge on any atom is 0.326 e. The van der Waals surface area contributed by atoms with Crippen molar-refractivity contribution in [2.24, 2.45) is 0 Å². The molecule has 1 amide bonds. The molecule has 1 unspecified atom stereocenters. The van der Waals surface area contributed by atoms with Gasteiger partial charge in [0.2, 0.25) is 5.91 Å². The van der Waals surface area contributed by atoms with Gasteiger partial charge in [-0.3, -0.25) is 9.59 Å². The van der Waals surface area contributed by atoms with Crippen molar-refractivity contribution in [3.05, 3.63) is 82.6 Å². The highest BCUT2D eigenvalue weighted by Gasteiger charge is 2.21. The second-order valence-electron chi connectivity index (χ2n) is 6.59. The lowest BCUT2D eigenvalue weighted by Gasteiger charge is -2.15. The SMILES string of the molecule is COc1cccc(-c2ccc(=O)n(CC(=O)NC(Cc3ccccc3)C(=O)O)n2)c1. The molecule has 0 saturated heterocycles. The number of amides is 1. The standard InChI is InChI=1S/C22H21N3O5/c1-30-17-9-5-8-16(13-17)18-10-11-21(27)25(24-18)14-20(26)23-19(22(28)29)12-15-6-3-2-4-7-15/h2-11,13,19H,12,14H2,1H3,(H,23,26)(H,28,29). The van der Waals surface area contributed by atoms with Crippen LogP contribution in [-0.4, -0.2) is 39.9 Å². The summed E-state index contributed by atoms with van der Waals surface area (Å²) in [4.78, 5) is 36.1. The van der Waals surface area contributed by atoms with E-state index in [9.17, 15) is 19.5 Å². The van der Waals surface area contributed by atoms with Gasteiger partial charge in [0.05, 0.1) is 12.8 Å². The summed E-state index contributed by atoms with van der Waals surface area (Å²) >= 11 is 0. The summed E-state index contributed by atoms with van der Waals surface area (Å²) < 4.78 is 6.20. The molecule has 1 atom stereocenters. The summed E-state index contributed by atoms with van der Waals surface area (Å²) in [6, 6.07) is 17.9. The fourth-order valence-electron chi connectivity index (χ4n) is 2.92. The van der Waals surface area contributed by atoms with Gasteiger partial charge in [-0.25, -0.2) is 9.48 Å². The van der Waals surface area contributed by atoms with Crippen LogP contribution in [0.25, 0.3) is 11.3 Å². The van der Waals surface area contributed by atoms with Crippen LogP contribution in [0.2, 0.25) is 0 Å². The number of carbonyl (C=O) groups excluding carboxylic acids is 1. The van der Waals surface area contributed by atoms with Crippen LogP contribution in [0.4, 0.5) is 0 Å². The molecule has 0 aliphatic carbocycles. The number of hydrogen-bond acceptors (Lipinski definition) is 5. The molecule has 2 N–H and O–H groups in total. The summed E-state index contributed by atoms with van der Waals surface area (Å²) in [5.74, 6) is -1.14. The lowest BCUT2D eigenvalue weighted by molar-refractivity contribution is -0.141.